The minimum atomic E-state index is 0.258. The van der Waals surface area contributed by atoms with Crippen LogP contribution in [0.5, 0.6) is 5.75 Å². The lowest BCUT2D eigenvalue weighted by Gasteiger charge is -2.18. The number of nitrogens with two attached hydrogens (primary N) is 1. The molecule has 21 heavy (non-hydrogen) atoms. The summed E-state index contributed by atoms with van der Waals surface area (Å²) in [6.07, 6.45) is 3.65. The summed E-state index contributed by atoms with van der Waals surface area (Å²) >= 11 is 0. The number of para-hydroxylation sites is 1. The number of carbonyl (C=O) groups is 1. The molecule has 1 aromatic rings. The normalized spacial score (nSPS) is 27.7. The molecule has 4 heteroatoms. The van der Waals surface area contributed by atoms with E-state index in [1.807, 2.05) is 35.2 Å². The minimum absolute atomic E-state index is 0.258. The van der Waals surface area contributed by atoms with E-state index >= 15 is 0 Å². The lowest BCUT2D eigenvalue weighted by molar-refractivity contribution is -0.130. The van der Waals surface area contributed by atoms with Crippen LogP contribution in [0.3, 0.4) is 0 Å². The molecule has 3 rings (SSSR count). The Kier molecular flexibility index (Phi) is 4.44. The van der Waals surface area contributed by atoms with Crippen molar-refractivity contribution in [2.75, 3.05) is 19.7 Å². The number of nitrogens with zero attached hydrogens (tertiary/aromatic N) is 1. The average molecular weight is 288 g/mol. The van der Waals surface area contributed by atoms with E-state index in [1.54, 1.807) is 0 Å². The maximum Gasteiger partial charge on any atom is 0.222 e. The van der Waals surface area contributed by atoms with Crippen LogP contribution >= 0.6 is 0 Å². The monoisotopic (exact) mass is 288 g/mol. The second-order valence-corrected chi connectivity index (χ2v) is 6.23. The Morgan fingerprint density at radius 3 is 2.81 bits per heavy atom. The van der Waals surface area contributed by atoms with E-state index in [-0.39, 0.29) is 5.91 Å². The molecule has 3 unspecified atom stereocenters. The van der Waals surface area contributed by atoms with Crippen molar-refractivity contribution >= 4 is 5.91 Å². The Morgan fingerprint density at radius 1 is 1.24 bits per heavy atom. The zero-order valence-corrected chi connectivity index (χ0v) is 12.4. The molecule has 0 spiro atoms. The van der Waals surface area contributed by atoms with Gasteiger partial charge in [0.25, 0.3) is 0 Å². The molecule has 2 fully saturated rings. The van der Waals surface area contributed by atoms with E-state index < -0.39 is 0 Å². The molecule has 2 aliphatic rings. The maximum absolute atomic E-state index is 12.2. The minimum Gasteiger partial charge on any atom is -0.494 e. The van der Waals surface area contributed by atoms with Crippen LogP contribution in [-0.2, 0) is 4.79 Å². The molecule has 1 aliphatic carbocycles. The lowest BCUT2D eigenvalue weighted by Crippen LogP contribution is -2.33. The van der Waals surface area contributed by atoms with Gasteiger partial charge in [-0.15, -0.1) is 0 Å². The summed E-state index contributed by atoms with van der Waals surface area (Å²) in [5.74, 6) is 2.30. The molecular weight excluding hydrogens is 264 g/mol. The molecule has 1 amide bonds. The van der Waals surface area contributed by atoms with Crippen molar-refractivity contribution in [3.63, 3.8) is 0 Å². The quantitative estimate of drug-likeness (QED) is 0.844. The van der Waals surface area contributed by atoms with Gasteiger partial charge in [0.15, 0.2) is 0 Å². The first-order chi connectivity index (χ1) is 10.2. The van der Waals surface area contributed by atoms with Gasteiger partial charge in [0, 0.05) is 25.6 Å². The van der Waals surface area contributed by atoms with Gasteiger partial charge in [-0.2, -0.15) is 0 Å². The van der Waals surface area contributed by atoms with E-state index in [2.05, 4.69) is 0 Å². The second kappa shape index (κ2) is 6.48. The SMILES string of the molecule is NC1CCC2CN(C(=O)CCCOc3ccccc3)CC12. The summed E-state index contributed by atoms with van der Waals surface area (Å²) in [5.41, 5.74) is 6.11. The van der Waals surface area contributed by atoms with Crippen LogP contribution in [0.15, 0.2) is 30.3 Å². The molecular formula is C17H24N2O2. The maximum atomic E-state index is 12.2. The van der Waals surface area contributed by atoms with Crippen molar-refractivity contribution in [3.05, 3.63) is 30.3 Å². The number of benzene rings is 1. The number of amides is 1. The number of ether oxygens (including phenoxy) is 1. The molecule has 0 aromatic heterocycles. The largest absolute Gasteiger partial charge is 0.494 e. The fourth-order valence-electron chi connectivity index (χ4n) is 3.60. The highest BCUT2D eigenvalue weighted by molar-refractivity contribution is 5.76. The molecule has 0 radical (unpaired) electrons. The molecule has 114 valence electrons. The Balaban J connectivity index is 1.37. The van der Waals surface area contributed by atoms with Gasteiger partial charge in [-0.3, -0.25) is 4.79 Å². The molecule has 3 atom stereocenters. The number of likely N-dealkylation sites (tertiary alicyclic amines) is 1. The Hall–Kier alpha value is -1.55. The van der Waals surface area contributed by atoms with Crippen LogP contribution in [0.1, 0.15) is 25.7 Å². The second-order valence-electron chi connectivity index (χ2n) is 6.23. The van der Waals surface area contributed by atoms with Gasteiger partial charge in [-0.1, -0.05) is 18.2 Å². The van der Waals surface area contributed by atoms with Crippen molar-refractivity contribution in [1.82, 2.24) is 4.90 Å². The van der Waals surface area contributed by atoms with Crippen LogP contribution in [0.2, 0.25) is 0 Å². The van der Waals surface area contributed by atoms with Gasteiger partial charge in [-0.25, -0.2) is 0 Å². The molecule has 0 bridgehead atoms. The summed E-state index contributed by atoms with van der Waals surface area (Å²) in [6, 6.07) is 10.0. The van der Waals surface area contributed by atoms with Crippen LogP contribution in [0, 0.1) is 11.8 Å². The summed E-state index contributed by atoms with van der Waals surface area (Å²) in [6.45, 7) is 2.37. The van der Waals surface area contributed by atoms with Crippen LogP contribution in [0.4, 0.5) is 0 Å². The smallest absolute Gasteiger partial charge is 0.222 e. The molecule has 1 saturated heterocycles. The Morgan fingerprint density at radius 2 is 2.05 bits per heavy atom. The third kappa shape index (κ3) is 3.38. The number of fused-ring (bicyclic) bond motifs is 1. The highest BCUT2D eigenvalue weighted by atomic mass is 16.5. The number of hydrogen-bond donors (Lipinski definition) is 1. The van der Waals surface area contributed by atoms with E-state index in [4.69, 9.17) is 10.5 Å². The van der Waals surface area contributed by atoms with Gasteiger partial charge in [-0.05, 0) is 43.2 Å². The highest BCUT2D eigenvalue weighted by Crippen LogP contribution is 2.37. The van der Waals surface area contributed by atoms with Gasteiger partial charge < -0.3 is 15.4 Å². The van der Waals surface area contributed by atoms with Gasteiger partial charge >= 0.3 is 0 Å². The first-order valence-electron chi connectivity index (χ1n) is 7.95. The average Bonchev–Trinajstić information content (AvgIpc) is 3.07. The Bertz CT molecular complexity index is 477. The summed E-state index contributed by atoms with van der Waals surface area (Å²) in [5, 5.41) is 0. The van der Waals surface area contributed by atoms with Crippen molar-refractivity contribution < 1.29 is 9.53 Å². The number of rotatable bonds is 5. The van der Waals surface area contributed by atoms with Crippen molar-refractivity contribution in [2.24, 2.45) is 17.6 Å². The van der Waals surface area contributed by atoms with Gasteiger partial charge in [0.05, 0.1) is 6.61 Å². The number of hydrogen-bond acceptors (Lipinski definition) is 3. The van der Waals surface area contributed by atoms with Gasteiger partial charge in [0.2, 0.25) is 5.91 Å². The fraction of sp³-hybridized carbons (Fsp3) is 0.588. The molecule has 1 saturated carbocycles. The van der Waals surface area contributed by atoms with Crippen molar-refractivity contribution in [1.29, 1.82) is 0 Å². The van der Waals surface area contributed by atoms with Gasteiger partial charge in [0.1, 0.15) is 5.75 Å². The molecule has 2 N–H and O–H groups in total. The molecule has 1 aliphatic heterocycles. The topological polar surface area (TPSA) is 55.6 Å². The Labute approximate surface area is 126 Å². The highest BCUT2D eigenvalue weighted by Gasteiger charge is 2.42. The summed E-state index contributed by atoms with van der Waals surface area (Å²) < 4.78 is 5.62. The van der Waals surface area contributed by atoms with Crippen LogP contribution in [0.25, 0.3) is 0 Å². The fourth-order valence-corrected chi connectivity index (χ4v) is 3.60. The van der Waals surface area contributed by atoms with Crippen LogP contribution < -0.4 is 10.5 Å². The van der Waals surface area contributed by atoms with E-state index in [0.29, 0.717) is 30.9 Å². The number of carbonyl (C=O) groups excluding carboxylic acids is 1. The van der Waals surface area contributed by atoms with E-state index in [1.165, 1.54) is 6.42 Å². The predicted molar refractivity (Wildman–Crippen MR) is 81.9 cm³/mol. The third-order valence-corrected chi connectivity index (χ3v) is 4.81. The first kappa shape index (κ1) is 14.4. The van der Waals surface area contributed by atoms with E-state index in [0.717, 1.165) is 31.7 Å². The zero-order chi connectivity index (χ0) is 14.7. The molecule has 4 nitrogen and oxygen atoms in total. The predicted octanol–water partition coefficient (Wildman–Crippen LogP) is 2.04. The van der Waals surface area contributed by atoms with E-state index in [9.17, 15) is 4.79 Å². The lowest BCUT2D eigenvalue weighted by atomic mass is 9.98. The third-order valence-electron chi connectivity index (χ3n) is 4.81. The van der Waals surface area contributed by atoms with Crippen LogP contribution in [-0.4, -0.2) is 36.5 Å². The standard InChI is InChI=1S/C17H24N2O2/c18-16-9-8-13-11-19(12-15(13)16)17(20)7-4-10-21-14-5-2-1-3-6-14/h1-3,5-6,13,15-16H,4,7-12,18H2. The molecule has 1 aromatic carbocycles. The molecule has 1 heterocycles. The summed E-state index contributed by atoms with van der Waals surface area (Å²) in [4.78, 5) is 14.2. The zero-order valence-electron chi connectivity index (χ0n) is 12.4. The van der Waals surface area contributed by atoms with Crippen molar-refractivity contribution in [2.45, 2.75) is 31.7 Å². The van der Waals surface area contributed by atoms with Crippen molar-refractivity contribution in [3.8, 4) is 5.75 Å². The summed E-state index contributed by atoms with van der Waals surface area (Å²) in [7, 11) is 0. The first-order valence-corrected chi connectivity index (χ1v) is 7.95.